The molecule has 1 N–H and O–H groups in total. The second-order valence-corrected chi connectivity index (χ2v) is 4.14. The predicted molar refractivity (Wildman–Crippen MR) is 39.8 cm³/mol. The van der Waals surface area contributed by atoms with Crippen LogP contribution in [0.5, 0.6) is 0 Å². The smallest absolute Gasteiger partial charge is 0.324 e. The van der Waals surface area contributed by atoms with Crippen LogP contribution >= 0.6 is 6.72 Å². The molecule has 0 fully saturated rings. The van der Waals surface area contributed by atoms with Gasteiger partial charge in [-0.15, -0.1) is 0 Å². The van der Waals surface area contributed by atoms with Gasteiger partial charge in [0, 0.05) is 40.4 Å². The molecular weight excluding hydrogens is 309 g/mol. The molecule has 0 heterocycles. The monoisotopic (exact) mass is 322 g/mol. The summed E-state index contributed by atoms with van der Waals surface area (Å²) in [6, 6.07) is 0. The quantitative estimate of drug-likeness (QED) is 0.792. The van der Waals surface area contributed by atoms with E-state index in [2.05, 4.69) is 11.8 Å². The van der Waals surface area contributed by atoms with Gasteiger partial charge in [-0.3, -0.25) is 0 Å². The molecule has 0 rings (SSSR count). The van der Waals surface area contributed by atoms with E-state index in [4.69, 9.17) is 13.9 Å². The van der Waals surface area contributed by atoms with E-state index in [1.165, 1.54) is 0 Å². The van der Waals surface area contributed by atoms with E-state index >= 15 is 0 Å². The van der Waals surface area contributed by atoms with E-state index in [1.54, 1.807) is 13.8 Å². The largest absolute Gasteiger partial charge is 0.324 e. The molecule has 0 unspecified atom stereocenters. The normalized spacial score (nSPS) is 10.7. The molecule has 0 saturated heterocycles. The number of hydrogen-bond acceptors (Lipinski definition) is 3. The summed E-state index contributed by atoms with van der Waals surface area (Å²) in [7, 11) is 0. The first-order chi connectivity index (χ1) is 4.12. The summed E-state index contributed by atoms with van der Waals surface area (Å²) in [5.41, 5.74) is 0. The van der Waals surface area contributed by atoms with Crippen molar-refractivity contribution in [2.45, 2.75) is 13.8 Å². The fraction of sp³-hybridized carbons (Fsp3) is 1.00. The molecule has 0 aromatic rings. The first-order valence-corrected chi connectivity index (χ1v) is 5.33. The Hall–Kier alpha value is 1.87. The van der Waals surface area contributed by atoms with Crippen LogP contribution in [0.2, 0.25) is 0 Å². The summed E-state index contributed by atoms with van der Waals surface area (Å²) in [6.07, 6.45) is 0. The average Bonchev–Trinajstić information content (AvgIpc) is 1.64. The van der Waals surface area contributed by atoms with Crippen molar-refractivity contribution >= 4 is 18.5 Å². The van der Waals surface area contributed by atoms with Gasteiger partial charge in [0.1, 0.15) is 0 Å². The summed E-state index contributed by atoms with van der Waals surface area (Å²) < 4.78 is 9.46. The second-order valence-electron chi connectivity index (χ2n) is 1.30. The van der Waals surface area contributed by atoms with Crippen molar-refractivity contribution in [3.8, 4) is 0 Å². The number of hydrogen-bond donors (Lipinski definition) is 1. The molecule has 0 aromatic heterocycles. The molecule has 3 nitrogen and oxygen atoms in total. The van der Waals surface area contributed by atoms with E-state index < -0.39 is 6.72 Å². The van der Waals surface area contributed by atoms with Crippen LogP contribution in [0, 0.1) is 40.4 Å². The third-order valence-electron chi connectivity index (χ3n) is 0.584. The Bertz CT molecular complexity index is 111. The third-order valence-corrected chi connectivity index (χ3v) is 2.39. The summed E-state index contributed by atoms with van der Waals surface area (Å²) >= 11 is 4.56. The van der Waals surface area contributed by atoms with Gasteiger partial charge in [0.15, 0.2) is 0 Å². The molecule has 0 atom stereocenters. The van der Waals surface area contributed by atoms with Gasteiger partial charge < -0.3 is 13.9 Å². The van der Waals surface area contributed by atoms with E-state index in [0.717, 1.165) is 0 Å². The standard InChI is InChI=1S/C4H11O3PS.Sm/c1-3-6-8(5,9)7-4-2;/h3-4H2,1-2H3,(H,5,9);. The van der Waals surface area contributed by atoms with Gasteiger partial charge in [-0.1, -0.05) is 0 Å². The Morgan fingerprint density at radius 2 is 1.60 bits per heavy atom. The maximum absolute atomic E-state index is 9.00. The third kappa shape index (κ3) is 7.97. The molecule has 0 radical (unpaired) electrons. The molecule has 0 aliphatic rings. The molecule has 0 spiro atoms. The minimum atomic E-state index is -2.86. The van der Waals surface area contributed by atoms with Crippen LogP contribution in [-0.4, -0.2) is 18.1 Å². The average molecular weight is 321 g/mol. The van der Waals surface area contributed by atoms with E-state index in [0.29, 0.717) is 13.2 Å². The van der Waals surface area contributed by atoms with Crippen molar-refractivity contribution < 1.29 is 54.3 Å². The Kier molecular flexibility index (Phi) is 10.8. The van der Waals surface area contributed by atoms with Crippen LogP contribution in [-0.2, 0) is 20.9 Å². The van der Waals surface area contributed by atoms with Crippen LogP contribution in [0.1, 0.15) is 13.8 Å². The minimum absolute atomic E-state index is 0. The Labute approximate surface area is 98.8 Å². The molecule has 6 heteroatoms. The van der Waals surface area contributed by atoms with Crippen molar-refractivity contribution in [3.63, 3.8) is 0 Å². The second kappa shape index (κ2) is 7.51. The SMILES string of the molecule is CCOP(O)(=S)OCC.[Sm]. The van der Waals surface area contributed by atoms with Gasteiger partial charge in [0.25, 0.3) is 0 Å². The fourth-order valence-corrected chi connectivity index (χ4v) is 1.72. The van der Waals surface area contributed by atoms with E-state index in [1.807, 2.05) is 0 Å². The zero-order chi connectivity index (χ0) is 7.33. The summed E-state index contributed by atoms with van der Waals surface area (Å²) in [5, 5.41) is 0. The molecule has 0 aromatic carbocycles. The number of rotatable bonds is 4. The fourth-order valence-electron chi connectivity index (χ4n) is 0.364. The van der Waals surface area contributed by atoms with Crippen LogP contribution < -0.4 is 0 Å². The maximum atomic E-state index is 9.00. The summed E-state index contributed by atoms with van der Waals surface area (Å²) in [5.74, 6) is 0. The van der Waals surface area contributed by atoms with Crippen LogP contribution in [0.25, 0.3) is 0 Å². The van der Waals surface area contributed by atoms with Gasteiger partial charge in [0.05, 0.1) is 13.2 Å². The van der Waals surface area contributed by atoms with Crippen molar-refractivity contribution in [1.29, 1.82) is 0 Å². The van der Waals surface area contributed by atoms with Crippen molar-refractivity contribution in [2.24, 2.45) is 0 Å². The predicted octanol–water partition coefficient (Wildman–Crippen LogP) is 1.28. The molecule has 0 aliphatic carbocycles. The first kappa shape index (κ1) is 14.4. The molecule has 0 amide bonds. The molecule has 62 valence electrons. The maximum Gasteiger partial charge on any atom is 0.324 e. The molecular formula is C4H11O3PSSm. The zero-order valence-electron chi connectivity index (χ0n) is 5.94. The zero-order valence-corrected chi connectivity index (χ0v) is 10.3. The molecule has 0 aliphatic heterocycles. The Morgan fingerprint density at radius 3 is 1.80 bits per heavy atom. The van der Waals surface area contributed by atoms with Gasteiger partial charge in [-0.2, -0.15) is 0 Å². The molecule has 0 saturated carbocycles. The summed E-state index contributed by atoms with van der Waals surface area (Å²) in [6.45, 7) is 1.45. The first-order valence-electron chi connectivity index (χ1n) is 2.74. The van der Waals surface area contributed by atoms with Crippen LogP contribution in [0.4, 0.5) is 0 Å². The van der Waals surface area contributed by atoms with Crippen molar-refractivity contribution in [1.82, 2.24) is 0 Å². The topological polar surface area (TPSA) is 38.7 Å². The van der Waals surface area contributed by atoms with Crippen LogP contribution in [0.3, 0.4) is 0 Å². The van der Waals surface area contributed by atoms with Gasteiger partial charge in [-0.05, 0) is 25.7 Å². The minimum Gasteiger partial charge on any atom is -0.324 e. The van der Waals surface area contributed by atoms with E-state index in [-0.39, 0.29) is 40.4 Å². The molecule has 10 heavy (non-hydrogen) atoms. The molecule has 0 bridgehead atoms. The van der Waals surface area contributed by atoms with Gasteiger partial charge in [-0.25, -0.2) is 0 Å². The Balaban J connectivity index is 0. The van der Waals surface area contributed by atoms with Crippen LogP contribution in [0.15, 0.2) is 0 Å². The van der Waals surface area contributed by atoms with Gasteiger partial charge in [0.2, 0.25) is 0 Å². The van der Waals surface area contributed by atoms with E-state index in [9.17, 15) is 0 Å². The van der Waals surface area contributed by atoms with Crippen molar-refractivity contribution in [2.75, 3.05) is 13.2 Å². The Morgan fingerprint density at radius 1 is 1.30 bits per heavy atom. The van der Waals surface area contributed by atoms with Gasteiger partial charge >= 0.3 is 6.72 Å². The summed E-state index contributed by atoms with van der Waals surface area (Å²) in [4.78, 5) is 9.00. The van der Waals surface area contributed by atoms with Crippen molar-refractivity contribution in [3.05, 3.63) is 0 Å².